The fourth-order valence-corrected chi connectivity index (χ4v) is 1.77. The van der Waals surface area contributed by atoms with Gasteiger partial charge in [-0.3, -0.25) is 0 Å². The number of furan rings is 1. The highest BCUT2D eigenvalue weighted by Gasteiger charge is 2.05. The summed E-state index contributed by atoms with van der Waals surface area (Å²) in [5, 5.41) is 1.09. The average Bonchev–Trinajstić information content (AvgIpc) is 2.64. The first kappa shape index (κ1) is 9.46. The standard InChI is InChI=1S/C11H9BrO2/c12-10(7-13)5-8-1-2-9-3-4-14-11(9)6-8/h1-4,6-7,10H,5H2/t10-/m0/s1. The average molecular weight is 253 g/mol. The Labute approximate surface area is 90.0 Å². The third-order valence-electron chi connectivity index (χ3n) is 2.10. The van der Waals surface area contributed by atoms with Crippen molar-refractivity contribution in [2.75, 3.05) is 0 Å². The van der Waals surface area contributed by atoms with Crippen LogP contribution in [-0.4, -0.2) is 11.1 Å². The molecule has 1 atom stereocenters. The van der Waals surface area contributed by atoms with E-state index in [1.54, 1.807) is 6.26 Å². The maximum Gasteiger partial charge on any atom is 0.134 e. The third-order valence-corrected chi connectivity index (χ3v) is 2.64. The zero-order chi connectivity index (χ0) is 9.97. The lowest BCUT2D eigenvalue weighted by Gasteiger charge is -2.01. The van der Waals surface area contributed by atoms with Crippen LogP contribution in [0.3, 0.4) is 0 Å². The smallest absolute Gasteiger partial charge is 0.134 e. The lowest BCUT2D eigenvalue weighted by molar-refractivity contribution is -0.107. The van der Waals surface area contributed by atoms with Crippen LogP contribution in [0.15, 0.2) is 34.9 Å². The van der Waals surface area contributed by atoms with Crippen molar-refractivity contribution in [1.29, 1.82) is 0 Å². The van der Waals surface area contributed by atoms with E-state index in [0.29, 0.717) is 6.42 Å². The van der Waals surface area contributed by atoms with Crippen LogP contribution in [0.5, 0.6) is 0 Å². The first-order valence-corrected chi connectivity index (χ1v) is 5.26. The van der Waals surface area contributed by atoms with Gasteiger partial charge in [0, 0.05) is 5.39 Å². The highest BCUT2D eigenvalue weighted by molar-refractivity contribution is 9.09. The lowest BCUT2D eigenvalue weighted by atomic mass is 10.1. The van der Waals surface area contributed by atoms with E-state index in [2.05, 4.69) is 15.9 Å². The fraction of sp³-hybridized carbons (Fsp3) is 0.182. The summed E-state index contributed by atoms with van der Waals surface area (Å²) in [6, 6.07) is 7.89. The number of rotatable bonds is 3. The Bertz CT molecular complexity index is 447. The predicted octanol–water partition coefficient (Wildman–Crippen LogP) is 2.94. The van der Waals surface area contributed by atoms with E-state index in [-0.39, 0.29) is 4.83 Å². The van der Waals surface area contributed by atoms with Gasteiger partial charge >= 0.3 is 0 Å². The summed E-state index contributed by atoms with van der Waals surface area (Å²) in [5.41, 5.74) is 1.97. The minimum Gasteiger partial charge on any atom is -0.464 e. The van der Waals surface area contributed by atoms with E-state index in [0.717, 1.165) is 22.8 Å². The maximum absolute atomic E-state index is 10.5. The van der Waals surface area contributed by atoms with Gasteiger partial charge in [-0.2, -0.15) is 0 Å². The largest absolute Gasteiger partial charge is 0.464 e. The number of halogens is 1. The molecule has 0 bridgehead atoms. The normalized spacial score (nSPS) is 12.9. The summed E-state index contributed by atoms with van der Waals surface area (Å²) < 4.78 is 5.27. The van der Waals surface area contributed by atoms with Crippen LogP contribution in [0.4, 0.5) is 0 Å². The molecule has 1 heterocycles. The molecule has 1 aromatic carbocycles. The molecule has 0 aliphatic rings. The Hall–Kier alpha value is -1.09. The molecule has 14 heavy (non-hydrogen) atoms. The topological polar surface area (TPSA) is 30.2 Å². The summed E-state index contributed by atoms with van der Waals surface area (Å²) in [4.78, 5) is 10.3. The van der Waals surface area contributed by atoms with E-state index < -0.39 is 0 Å². The van der Waals surface area contributed by atoms with Crippen molar-refractivity contribution in [1.82, 2.24) is 0 Å². The fourth-order valence-electron chi connectivity index (χ4n) is 1.40. The van der Waals surface area contributed by atoms with Gasteiger partial charge < -0.3 is 9.21 Å². The predicted molar refractivity (Wildman–Crippen MR) is 58.7 cm³/mol. The lowest BCUT2D eigenvalue weighted by Crippen LogP contribution is -2.03. The summed E-state index contributed by atoms with van der Waals surface area (Å²) in [7, 11) is 0. The zero-order valence-electron chi connectivity index (χ0n) is 7.44. The van der Waals surface area contributed by atoms with Crippen LogP contribution in [-0.2, 0) is 11.2 Å². The number of carbonyl (C=O) groups excluding carboxylic acids is 1. The van der Waals surface area contributed by atoms with Gasteiger partial charge in [0.05, 0.1) is 11.1 Å². The highest BCUT2D eigenvalue weighted by atomic mass is 79.9. The molecule has 1 aromatic heterocycles. The molecule has 0 radical (unpaired) electrons. The number of aldehydes is 1. The first-order chi connectivity index (χ1) is 6.79. The van der Waals surface area contributed by atoms with Crippen molar-refractivity contribution in [2.24, 2.45) is 0 Å². The zero-order valence-corrected chi connectivity index (χ0v) is 9.03. The van der Waals surface area contributed by atoms with Crippen LogP contribution in [0.2, 0.25) is 0 Å². The Morgan fingerprint density at radius 2 is 2.29 bits per heavy atom. The second-order valence-electron chi connectivity index (χ2n) is 3.15. The van der Waals surface area contributed by atoms with Crippen LogP contribution in [0.1, 0.15) is 5.56 Å². The molecule has 2 aromatic rings. The SMILES string of the molecule is O=C[C@@H](Br)Cc1ccc2ccoc2c1. The van der Waals surface area contributed by atoms with Gasteiger partial charge in [-0.15, -0.1) is 0 Å². The van der Waals surface area contributed by atoms with Crippen LogP contribution >= 0.6 is 15.9 Å². The van der Waals surface area contributed by atoms with Crippen LogP contribution < -0.4 is 0 Å². The number of carbonyl (C=O) groups is 1. The van der Waals surface area contributed by atoms with Crippen molar-refractivity contribution in [3.8, 4) is 0 Å². The first-order valence-electron chi connectivity index (χ1n) is 4.35. The number of fused-ring (bicyclic) bond motifs is 1. The second kappa shape index (κ2) is 3.96. The van der Waals surface area contributed by atoms with E-state index in [1.165, 1.54) is 0 Å². The molecule has 72 valence electrons. The van der Waals surface area contributed by atoms with Crippen LogP contribution in [0, 0.1) is 0 Å². The van der Waals surface area contributed by atoms with Crippen molar-refractivity contribution >= 4 is 33.2 Å². The molecule has 0 saturated heterocycles. The summed E-state index contributed by atoms with van der Waals surface area (Å²) >= 11 is 3.27. The molecule has 2 rings (SSSR count). The van der Waals surface area contributed by atoms with Gasteiger partial charge in [-0.05, 0) is 24.1 Å². The molecule has 0 amide bonds. The Morgan fingerprint density at radius 1 is 1.43 bits per heavy atom. The van der Waals surface area contributed by atoms with Crippen molar-refractivity contribution in [3.63, 3.8) is 0 Å². The number of hydrogen-bond acceptors (Lipinski definition) is 2. The molecule has 0 unspecified atom stereocenters. The molecular formula is C11H9BrO2. The van der Waals surface area contributed by atoms with E-state index >= 15 is 0 Å². The van der Waals surface area contributed by atoms with Gasteiger partial charge in [-0.1, -0.05) is 28.1 Å². The van der Waals surface area contributed by atoms with Crippen molar-refractivity contribution < 1.29 is 9.21 Å². The molecule has 0 aliphatic carbocycles. The quantitative estimate of drug-likeness (QED) is 0.621. The van der Waals surface area contributed by atoms with Crippen molar-refractivity contribution in [3.05, 3.63) is 36.1 Å². The molecule has 0 saturated carbocycles. The minimum atomic E-state index is -0.116. The van der Waals surface area contributed by atoms with Crippen LogP contribution in [0.25, 0.3) is 11.0 Å². The summed E-state index contributed by atoms with van der Waals surface area (Å²) in [6.07, 6.45) is 3.26. The van der Waals surface area contributed by atoms with E-state index in [4.69, 9.17) is 4.42 Å². The summed E-state index contributed by atoms with van der Waals surface area (Å²) in [5.74, 6) is 0. The number of benzene rings is 1. The highest BCUT2D eigenvalue weighted by Crippen LogP contribution is 2.18. The monoisotopic (exact) mass is 252 g/mol. The maximum atomic E-state index is 10.5. The van der Waals surface area contributed by atoms with E-state index in [1.807, 2.05) is 24.3 Å². The van der Waals surface area contributed by atoms with E-state index in [9.17, 15) is 4.79 Å². The van der Waals surface area contributed by atoms with Gasteiger partial charge in [0.2, 0.25) is 0 Å². The Balaban J connectivity index is 2.29. The molecule has 3 heteroatoms. The molecule has 0 fully saturated rings. The molecule has 0 aliphatic heterocycles. The number of hydrogen-bond donors (Lipinski definition) is 0. The second-order valence-corrected chi connectivity index (χ2v) is 4.33. The molecule has 0 N–H and O–H groups in total. The van der Waals surface area contributed by atoms with Crippen molar-refractivity contribution in [2.45, 2.75) is 11.2 Å². The van der Waals surface area contributed by atoms with Gasteiger partial charge in [0.1, 0.15) is 11.9 Å². The minimum absolute atomic E-state index is 0.116. The molecule has 2 nitrogen and oxygen atoms in total. The number of alkyl halides is 1. The third kappa shape index (κ3) is 1.87. The van der Waals surface area contributed by atoms with Gasteiger partial charge in [-0.25, -0.2) is 0 Å². The Kier molecular flexibility index (Phi) is 2.68. The summed E-state index contributed by atoms with van der Waals surface area (Å²) in [6.45, 7) is 0. The molecule has 0 spiro atoms. The van der Waals surface area contributed by atoms with Gasteiger partial charge in [0.15, 0.2) is 0 Å². The Morgan fingerprint density at radius 3 is 3.07 bits per heavy atom. The van der Waals surface area contributed by atoms with Gasteiger partial charge in [0.25, 0.3) is 0 Å². The molecular weight excluding hydrogens is 244 g/mol.